The summed E-state index contributed by atoms with van der Waals surface area (Å²) in [5.74, 6) is -0.256. The summed E-state index contributed by atoms with van der Waals surface area (Å²) in [6.07, 6.45) is -0.541. The first-order valence-corrected chi connectivity index (χ1v) is 7.66. The van der Waals surface area contributed by atoms with Gasteiger partial charge in [0.25, 0.3) is 0 Å². The molecule has 0 radical (unpaired) electrons. The van der Waals surface area contributed by atoms with Gasteiger partial charge < -0.3 is 10.1 Å². The van der Waals surface area contributed by atoms with Crippen molar-refractivity contribution in [2.75, 3.05) is 17.7 Å². The first-order chi connectivity index (χ1) is 10.5. The lowest BCUT2D eigenvalue weighted by molar-refractivity contribution is -0.115. The number of amides is 2. The molecule has 0 saturated carbocycles. The smallest absolute Gasteiger partial charge is 0.413 e. The van der Waals surface area contributed by atoms with E-state index in [1.165, 1.54) is 18.4 Å². The fraction of sp³-hybridized carbons (Fsp3) is 0.154. The van der Waals surface area contributed by atoms with Crippen molar-refractivity contribution in [2.45, 2.75) is 6.42 Å². The normalized spacial score (nSPS) is 10.1. The molecule has 0 aliphatic carbocycles. The number of rotatable bonds is 4. The van der Waals surface area contributed by atoms with Crippen molar-refractivity contribution in [3.63, 3.8) is 0 Å². The predicted molar refractivity (Wildman–Crippen MR) is 86.9 cm³/mol. The Kier molecular flexibility index (Phi) is 5.59. The molecular weight excluding hydrogens is 349 g/mol. The average molecular weight is 360 g/mol. The third-order valence-electron chi connectivity index (χ3n) is 2.49. The summed E-state index contributed by atoms with van der Waals surface area (Å²) < 4.78 is 4.46. The van der Waals surface area contributed by atoms with Crippen molar-refractivity contribution in [3.05, 3.63) is 39.3 Å². The monoisotopic (exact) mass is 359 g/mol. The summed E-state index contributed by atoms with van der Waals surface area (Å²) in [5, 5.41) is 7.94. The highest BCUT2D eigenvalue weighted by Crippen LogP contribution is 2.25. The van der Waals surface area contributed by atoms with E-state index in [0.717, 1.165) is 0 Å². The van der Waals surface area contributed by atoms with Crippen molar-refractivity contribution in [3.8, 4) is 0 Å². The van der Waals surface area contributed by atoms with Gasteiger partial charge in [0.15, 0.2) is 5.13 Å². The maximum absolute atomic E-state index is 11.9. The average Bonchev–Trinajstić information content (AvgIpc) is 2.89. The molecule has 22 heavy (non-hydrogen) atoms. The van der Waals surface area contributed by atoms with Crippen LogP contribution >= 0.6 is 34.5 Å². The Hall–Kier alpha value is -1.83. The molecule has 0 spiro atoms. The number of methoxy groups -OCH3 is 1. The number of anilines is 2. The van der Waals surface area contributed by atoms with Gasteiger partial charge in [-0.3, -0.25) is 10.1 Å². The van der Waals surface area contributed by atoms with Crippen molar-refractivity contribution < 1.29 is 14.3 Å². The second-order valence-corrected chi connectivity index (χ2v) is 5.79. The molecule has 0 bridgehead atoms. The molecule has 1 heterocycles. The van der Waals surface area contributed by atoms with E-state index in [0.29, 0.717) is 26.6 Å². The van der Waals surface area contributed by atoms with E-state index in [4.69, 9.17) is 23.2 Å². The highest BCUT2D eigenvalue weighted by atomic mass is 35.5. The van der Waals surface area contributed by atoms with Crippen LogP contribution < -0.4 is 10.6 Å². The largest absolute Gasteiger partial charge is 0.453 e. The second kappa shape index (κ2) is 7.44. The first kappa shape index (κ1) is 16.5. The number of hydrogen-bond acceptors (Lipinski definition) is 5. The molecule has 1 aromatic heterocycles. The number of aromatic nitrogens is 1. The predicted octanol–water partition coefficient (Wildman–Crippen LogP) is 3.81. The lowest BCUT2D eigenvalue weighted by Crippen LogP contribution is -2.15. The van der Waals surface area contributed by atoms with E-state index in [9.17, 15) is 9.59 Å². The number of benzene rings is 1. The Morgan fingerprint density at radius 3 is 2.73 bits per heavy atom. The Labute approximate surface area is 140 Å². The Morgan fingerprint density at radius 2 is 2.05 bits per heavy atom. The molecule has 116 valence electrons. The quantitative estimate of drug-likeness (QED) is 0.869. The molecule has 0 fully saturated rings. The first-order valence-electron chi connectivity index (χ1n) is 6.02. The Bertz CT molecular complexity index is 706. The Morgan fingerprint density at radius 1 is 1.27 bits per heavy atom. The minimum atomic E-state index is -0.610. The van der Waals surface area contributed by atoms with E-state index in [1.54, 1.807) is 23.6 Å². The lowest BCUT2D eigenvalue weighted by Gasteiger charge is -2.05. The molecule has 0 saturated heterocycles. The molecule has 0 aliphatic rings. The Balaban J connectivity index is 1.94. The van der Waals surface area contributed by atoms with Crippen LogP contribution in [0, 0.1) is 0 Å². The van der Waals surface area contributed by atoms with Gasteiger partial charge in [0.2, 0.25) is 5.91 Å². The zero-order chi connectivity index (χ0) is 16.1. The van der Waals surface area contributed by atoms with Crippen LogP contribution in [-0.4, -0.2) is 24.1 Å². The van der Waals surface area contributed by atoms with E-state index >= 15 is 0 Å². The van der Waals surface area contributed by atoms with Gasteiger partial charge in [0, 0.05) is 11.1 Å². The molecule has 1 aromatic carbocycles. The van der Waals surface area contributed by atoms with E-state index in [2.05, 4.69) is 20.4 Å². The zero-order valence-corrected chi connectivity index (χ0v) is 13.7. The van der Waals surface area contributed by atoms with Crippen molar-refractivity contribution in [2.24, 2.45) is 0 Å². The number of nitrogens with one attached hydrogen (secondary N) is 2. The van der Waals surface area contributed by atoms with Gasteiger partial charge in [-0.2, -0.15) is 0 Å². The fourth-order valence-electron chi connectivity index (χ4n) is 1.53. The third-order valence-corrected chi connectivity index (χ3v) is 4.04. The molecule has 9 heteroatoms. The third kappa shape index (κ3) is 4.59. The van der Waals surface area contributed by atoms with Gasteiger partial charge in [0.1, 0.15) is 0 Å². The topological polar surface area (TPSA) is 80.3 Å². The summed E-state index contributed by atoms with van der Waals surface area (Å²) in [4.78, 5) is 27.1. The van der Waals surface area contributed by atoms with E-state index in [1.807, 2.05) is 0 Å². The van der Waals surface area contributed by atoms with Crippen LogP contribution in [-0.2, 0) is 16.0 Å². The van der Waals surface area contributed by atoms with Gasteiger partial charge in [-0.15, -0.1) is 11.3 Å². The molecule has 2 N–H and O–H groups in total. The fourth-order valence-corrected chi connectivity index (χ4v) is 2.52. The molecule has 0 aliphatic heterocycles. The molecule has 0 atom stereocenters. The molecule has 2 rings (SSSR count). The van der Waals surface area contributed by atoms with Gasteiger partial charge >= 0.3 is 6.09 Å². The van der Waals surface area contributed by atoms with Crippen molar-refractivity contribution >= 4 is 57.4 Å². The van der Waals surface area contributed by atoms with Crippen LogP contribution in [0.1, 0.15) is 5.69 Å². The van der Waals surface area contributed by atoms with Gasteiger partial charge in [-0.05, 0) is 18.2 Å². The number of carbonyl (C=O) groups excluding carboxylic acids is 2. The summed E-state index contributed by atoms with van der Waals surface area (Å²) in [6, 6.07) is 4.81. The van der Waals surface area contributed by atoms with Gasteiger partial charge in [-0.25, -0.2) is 9.78 Å². The van der Waals surface area contributed by atoms with E-state index in [-0.39, 0.29) is 12.3 Å². The number of halogens is 2. The molecule has 6 nitrogen and oxygen atoms in total. The molecule has 2 aromatic rings. The van der Waals surface area contributed by atoms with Crippen molar-refractivity contribution in [1.82, 2.24) is 4.98 Å². The highest BCUT2D eigenvalue weighted by Gasteiger charge is 2.10. The zero-order valence-electron chi connectivity index (χ0n) is 11.4. The van der Waals surface area contributed by atoms with Gasteiger partial charge in [-0.1, -0.05) is 23.2 Å². The molecular formula is C13H11Cl2N3O3S. The van der Waals surface area contributed by atoms with Crippen LogP contribution in [0.4, 0.5) is 15.6 Å². The van der Waals surface area contributed by atoms with Crippen LogP contribution in [0.25, 0.3) is 0 Å². The standard InChI is InChI=1S/C13H11Cl2N3O3S/c1-21-13(20)18-12-17-8(6-22-12)5-11(19)16-7-2-3-9(14)10(15)4-7/h2-4,6H,5H2,1H3,(H,16,19)(H,17,18,20). The van der Waals surface area contributed by atoms with Crippen molar-refractivity contribution in [1.29, 1.82) is 0 Å². The number of carbonyl (C=O) groups is 2. The number of ether oxygens (including phenoxy) is 1. The summed E-state index contributed by atoms with van der Waals surface area (Å²) >= 11 is 12.9. The van der Waals surface area contributed by atoms with Gasteiger partial charge in [0.05, 0.1) is 29.3 Å². The number of hydrogen-bond donors (Lipinski definition) is 2. The number of nitrogens with zero attached hydrogens (tertiary/aromatic N) is 1. The SMILES string of the molecule is COC(=O)Nc1nc(CC(=O)Nc2ccc(Cl)c(Cl)c2)cs1. The van der Waals surface area contributed by atoms with Crippen LogP contribution in [0.5, 0.6) is 0 Å². The van der Waals surface area contributed by atoms with Crippen LogP contribution in [0.15, 0.2) is 23.6 Å². The lowest BCUT2D eigenvalue weighted by atomic mass is 10.3. The molecule has 2 amide bonds. The summed E-state index contributed by atoms with van der Waals surface area (Å²) in [7, 11) is 1.26. The van der Waals surface area contributed by atoms with Crippen LogP contribution in [0.2, 0.25) is 10.0 Å². The van der Waals surface area contributed by atoms with E-state index < -0.39 is 6.09 Å². The summed E-state index contributed by atoms with van der Waals surface area (Å²) in [6.45, 7) is 0. The number of thiazole rings is 1. The molecule has 0 unspecified atom stereocenters. The second-order valence-electron chi connectivity index (χ2n) is 4.11. The maximum Gasteiger partial charge on any atom is 0.413 e. The maximum atomic E-state index is 11.9. The highest BCUT2D eigenvalue weighted by molar-refractivity contribution is 7.13. The summed E-state index contributed by atoms with van der Waals surface area (Å²) in [5.41, 5.74) is 1.08. The minimum absolute atomic E-state index is 0.0690. The minimum Gasteiger partial charge on any atom is -0.453 e. The van der Waals surface area contributed by atoms with Crippen LogP contribution in [0.3, 0.4) is 0 Å².